The zero-order valence-electron chi connectivity index (χ0n) is 12.6. The largest absolute Gasteiger partial charge is 0.444 e. The van der Waals surface area contributed by atoms with Gasteiger partial charge >= 0.3 is 6.09 Å². The van der Waals surface area contributed by atoms with E-state index in [2.05, 4.69) is 5.32 Å². The van der Waals surface area contributed by atoms with E-state index in [1.54, 1.807) is 25.1 Å². The molecule has 0 aromatic heterocycles. The van der Waals surface area contributed by atoms with Crippen LogP contribution >= 0.6 is 0 Å². The average Bonchev–Trinajstić information content (AvgIpc) is 2.48. The fourth-order valence-electron chi connectivity index (χ4n) is 2.10. The number of carbonyl (C=O) groups excluding carboxylic acids is 2. The second kappa shape index (κ2) is 6.76. The molecule has 0 aliphatic carbocycles. The van der Waals surface area contributed by atoms with Crippen LogP contribution in [0.15, 0.2) is 42.5 Å². The number of nitrogens with one attached hydrogen (secondary N) is 1. The maximum Gasteiger partial charge on any atom is 0.411 e. The minimum absolute atomic E-state index is 0.188. The van der Waals surface area contributed by atoms with Gasteiger partial charge in [0.2, 0.25) is 5.91 Å². The van der Waals surface area contributed by atoms with Gasteiger partial charge in [-0.25, -0.2) is 4.79 Å². The second-order valence-electron chi connectivity index (χ2n) is 4.97. The SMILES string of the molecule is Cc1ccccc1COC(=O)Nc1cccc(C(N)=O)c1C. The van der Waals surface area contributed by atoms with Crippen molar-refractivity contribution in [3.63, 3.8) is 0 Å². The van der Waals surface area contributed by atoms with Crippen LogP contribution in [0, 0.1) is 13.8 Å². The molecule has 0 saturated heterocycles. The molecule has 0 heterocycles. The Hall–Kier alpha value is -2.82. The van der Waals surface area contributed by atoms with Gasteiger partial charge in [0.1, 0.15) is 6.61 Å². The van der Waals surface area contributed by atoms with Crippen molar-refractivity contribution in [2.45, 2.75) is 20.5 Å². The molecule has 0 atom stereocenters. The third kappa shape index (κ3) is 3.63. The van der Waals surface area contributed by atoms with Crippen molar-refractivity contribution in [3.8, 4) is 0 Å². The maximum atomic E-state index is 11.9. The van der Waals surface area contributed by atoms with Gasteiger partial charge in [-0.15, -0.1) is 0 Å². The molecule has 2 aromatic carbocycles. The van der Waals surface area contributed by atoms with Crippen LogP contribution in [0.25, 0.3) is 0 Å². The van der Waals surface area contributed by atoms with Crippen LogP contribution in [0.3, 0.4) is 0 Å². The summed E-state index contributed by atoms with van der Waals surface area (Å²) >= 11 is 0. The van der Waals surface area contributed by atoms with E-state index in [1.165, 1.54) is 0 Å². The first-order chi connectivity index (χ1) is 10.5. The van der Waals surface area contributed by atoms with Crippen molar-refractivity contribution < 1.29 is 14.3 Å². The van der Waals surface area contributed by atoms with Crippen LogP contribution in [-0.2, 0) is 11.3 Å². The summed E-state index contributed by atoms with van der Waals surface area (Å²) in [6.45, 7) is 3.86. The smallest absolute Gasteiger partial charge is 0.411 e. The summed E-state index contributed by atoms with van der Waals surface area (Å²) in [5.41, 5.74) is 8.78. The Kier molecular flexibility index (Phi) is 4.78. The number of ether oxygens (including phenoxy) is 1. The van der Waals surface area contributed by atoms with Crippen molar-refractivity contribution >= 4 is 17.7 Å². The third-order valence-corrected chi connectivity index (χ3v) is 3.46. The van der Waals surface area contributed by atoms with Gasteiger partial charge in [0.15, 0.2) is 0 Å². The third-order valence-electron chi connectivity index (χ3n) is 3.46. The van der Waals surface area contributed by atoms with Gasteiger partial charge in [-0.2, -0.15) is 0 Å². The number of hydrogen-bond donors (Lipinski definition) is 2. The fraction of sp³-hybridized carbons (Fsp3) is 0.176. The van der Waals surface area contributed by atoms with Crippen LogP contribution in [0.4, 0.5) is 10.5 Å². The Morgan fingerprint density at radius 1 is 1.09 bits per heavy atom. The number of primary amides is 1. The predicted molar refractivity (Wildman–Crippen MR) is 84.7 cm³/mol. The van der Waals surface area contributed by atoms with Crippen molar-refractivity contribution in [2.75, 3.05) is 5.32 Å². The molecule has 22 heavy (non-hydrogen) atoms. The van der Waals surface area contributed by atoms with Gasteiger partial charge in [0.25, 0.3) is 0 Å². The van der Waals surface area contributed by atoms with Crippen LogP contribution in [0.2, 0.25) is 0 Å². The quantitative estimate of drug-likeness (QED) is 0.909. The summed E-state index contributed by atoms with van der Waals surface area (Å²) in [5.74, 6) is -0.533. The molecule has 0 radical (unpaired) electrons. The summed E-state index contributed by atoms with van der Waals surface area (Å²) in [6.07, 6.45) is -0.576. The molecule has 2 amide bonds. The number of aryl methyl sites for hydroxylation is 1. The van der Waals surface area contributed by atoms with Crippen LogP contribution in [-0.4, -0.2) is 12.0 Å². The summed E-state index contributed by atoms with van der Waals surface area (Å²) in [7, 11) is 0. The van der Waals surface area contributed by atoms with E-state index in [9.17, 15) is 9.59 Å². The predicted octanol–water partition coefficient (Wildman–Crippen LogP) is 3.15. The maximum absolute atomic E-state index is 11.9. The molecule has 2 aromatic rings. The Morgan fingerprint density at radius 2 is 1.82 bits per heavy atom. The number of benzene rings is 2. The normalized spacial score (nSPS) is 10.1. The van der Waals surface area contributed by atoms with Gasteiger partial charge in [-0.05, 0) is 42.7 Å². The first-order valence-electron chi connectivity index (χ1n) is 6.86. The highest BCUT2D eigenvalue weighted by Gasteiger charge is 2.11. The molecule has 5 nitrogen and oxygen atoms in total. The molecule has 0 bridgehead atoms. The lowest BCUT2D eigenvalue weighted by Crippen LogP contribution is -2.17. The van der Waals surface area contributed by atoms with Crippen LogP contribution in [0.1, 0.15) is 27.0 Å². The monoisotopic (exact) mass is 298 g/mol. The number of amides is 2. The van der Waals surface area contributed by atoms with Gasteiger partial charge in [0.05, 0.1) is 0 Å². The standard InChI is InChI=1S/C17H18N2O3/c1-11-6-3-4-7-13(11)10-22-17(21)19-15-9-5-8-14(12(15)2)16(18)20/h3-9H,10H2,1-2H3,(H2,18,20)(H,19,21). The van der Waals surface area contributed by atoms with Gasteiger partial charge in [-0.3, -0.25) is 10.1 Å². The zero-order chi connectivity index (χ0) is 16.1. The first kappa shape index (κ1) is 15.6. The van der Waals surface area contributed by atoms with E-state index in [4.69, 9.17) is 10.5 Å². The van der Waals surface area contributed by atoms with Crippen LogP contribution < -0.4 is 11.1 Å². The van der Waals surface area contributed by atoms with Gasteiger partial charge in [0, 0.05) is 11.3 Å². The number of anilines is 1. The van der Waals surface area contributed by atoms with E-state index in [-0.39, 0.29) is 6.61 Å². The molecule has 5 heteroatoms. The van der Waals surface area contributed by atoms with Gasteiger partial charge in [-0.1, -0.05) is 30.3 Å². The molecule has 0 saturated carbocycles. The van der Waals surface area contributed by atoms with Crippen molar-refractivity contribution in [3.05, 3.63) is 64.7 Å². The highest BCUT2D eigenvalue weighted by Crippen LogP contribution is 2.19. The van der Waals surface area contributed by atoms with Crippen LogP contribution in [0.5, 0.6) is 0 Å². The van der Waals surface area contributed by atoms with E-state index >= 15 is 0 Å². The molecule has 0 spiro atoms. The summed E-state index contributed by atoms with van der Waals surface area (Å²) in [4.78, 5) is 23.2. The fourth-order valence-corrected chi connectivity index (χ4v) is 2.10. The molecule has 3 N–H and O–H groups in total. The first-order valence-corrected chi connectivity index (χ1v) is 6.86. The second-order valence-corrected chi connectivity index (χ2v) is 4.97. The number of hydrogen-bond acceptors (Lipinski definition) is 3. The molecule has 0 aliphatic heterocycles. The molecule has 0 unspecified atom stereocenters. The minimum Gasteiger partial charge on any atom is -0.444 e. The molecular weight excluding hydrogens is 280 g/mol. The van der Waals surface area contributed by atoms with E-state index in [0.29, 0.717) is 16.8 Å². The summed E-state index contributed by atoms with van der Waals surface area (Å²) in [5, 5.41) is 2.63. The topological polar surface area (TPSA) is 81.4 Å². The Balaban J connectivity index is 2.02. The lowest BCUT2D eigenvalue weighted by atomic mass is 10.1. The minimum atomic E-state index is -0.576. The Bertz CT molecular complexity index is 711. The van der Waals surface area contributed by atoms with Crippen molar-refractivity contribution in [1.82, 2.24) is 0 Å². The number of carbonyl (C=O) groups is 2. The number of nitrogens with two attached hydrogens (primary N) is 1. The highest BCUT2D eigenvalue weighted by molar-refractivity contribution is 5.97. The zero-order valence-corrected chi connectivity index (χ0v) is 12.6. The lowest BCUT2D eigenvalue weighted by molar-refractivity contribution is 0.0999. The van der Waals surface area contributed by atoms with Crippen molar-refractivity contribution in [1.29, 1.82) is 0 Å². The van der Waals surface area contributed by atoms with E-state index in [1.807, 2.05) is 31.2 Å². The summed E-state index contributed by atoms with van der Waals surface area (Å²) < 4.78 is 5.20. The van der Waals surface area contributed by atoms with Gasteiger partial charge < -0.3 is 10.5 Å². The molecule has 0 aliphatic rings. The highest BCUT2D eigenvalue weighted by atomic mass is 16.5. The Labute approximate surface area is 129 Å². The van der Waals surface area contributed by atoms with Crippen molar-refractivity contribution in [2.24, 2.45) is 5.73 Å². The Morgan fingerprint density at radius 3 is 2.50 bits per heavy atom. The number of rotatable bonds is 4. The lowest BCUT2D eigenvalue weighted by Gasteiger charge is -2.12. The average molecular weight is 298 g/mol. The molecule has 114 valence electrons. The molecular formula is C17H18N2O3. The summed E-state index contributed by atoms with van der Waals surface area (Å²) in [6, 6.07) is 12.6. The molecule has 2 rings (SSSR count). The van der Waals surface area contributed by atoms with E-state index in [0.717, 1.165) is 11.1 Å². The van der Waals surface area contributed by atoms with E-state index < -0.39 is 12.0 Å². The molecule has 0 fully saturated rings.